The first kappa shape index (κ1) is 21.8. The lowest BCUT2D eigenvalue weighted by Gasteiger charge is -2.34. The minimum absolute atomic E-state index is 0.0231. The van der Waals surface area contributed by atoms with E-state index in [4.69, 9.17) is 4.52 Å². The Balaban J connectivity index is 1.16. The number of hydrogen-bond acceptors (Lipinski definition) is 7. The predicted molar refractivity (Wildman–Crippen MR) is 125 cm³/mol. The highest BCUT2D eigenvalue weighted by atomic mass is 16.6. The largest absolute Gasteiger partial charge is 0.339 e. The number of carbonyl (C=O) groups is 1. The molecule has 0 aliphatic carbocycles. The van der Waals surface area contributed by atoms with Gasteiger partial charge in [0.25, 0.3) is 5.69 Å². The van der Waals surface area contributed by atoms with E-state index in [2.05, 4.69) is 15.0 Å². The third-order valence-electron chi connectivity index (χ3n) is 6.13. The standard InChI is InChI=1S/C24H24N6O4/c1-17-2-4-18(5-3-17)24-25-22(34-26-24)15-27-10-12-28(13-11-27)23(31)16-29-9-8-19-14-20(30(32)33)6-7-21(19)29/h2-9,14H,10-13,15-16H2,1H3. The van der Waals surface area contributed by atoms with Gasteiger partial charge in [0.2, 0.25) is 17.6 Å². The minimum atomic E-state index is -0.418. The van der Waals surface area contributed by atoms with Crippen molar-refractivity contribution in [3.63, 3.8) is 0 Å². The molecule has 0 spiro atoms. The minimum Gasteiger partial charge on any atom is -0.339 e. The van der Waals surface area contributed by atoms with Crippen molar-refractivity contribution < 1.29 is 14.2 Å². The molecule has 0 unspecified atom stereocenters. The monoisotopic (exact) mass is 460 g/mol. The van der Waals surface area contributed by atoms with Crippen LogP contribution in [0, 0.1) is 17.0 Å². The smallest absolute Gasteiger partial charge is 0.270 e. The van der Waals surface area contributed by atoms with Crippen LogP contribution in [0.2, 0.25) is 0 Å². The van der Waals surface area contributed by atoms with Crippen LogP contribution in [0.15, 0.2) is 59.3 Å². The zero-order valence-electron chi connectivity index (χ0n) is 18.8. The summed E-state index contributed by atoms with van der Waals surface area (Å²) in [6.07, 6.45) is 1.80. The van der Waals surface area contributed by atoms with Crippen LogP contribution >= 0.6 is 0 Å². The molecule has 1 fully saturated rings. The predicted octanol–water partition coefficient (Wildman–Crippen LogP) is 3.25. The lowest BCUT2D eigenvalue weighted by Crippen LogP contribution is -2.49. The fraction of sp³-hybridized carbons (Fsp3) is 0.292. The van der Waals surface area contributed by atoms with Crippen LogP contribution in [-0.2, 0) is 17.9 Å². The number of nitrogens with zero attached hydrogens (tertiary/aromatic N) is 6. The Kier molecular flexibility index (Phi) is 5.81. The molecule has 1 amide bonds. The Hall–Kier alpha value is -4.05. The lowest BCUT2D eigenvalue weighted by atomic mass is 10.1. The van der Waals surface area contributed by atoms with Crippen LogP contribution in [0.4, 0.5) is 5.69 Å². The normalized spacial score (nSPS) is 14.6. The van der Waals surface area contributed by atoms with E-state index in [1.165, 1.54) is 17.7 Å². The number of piperazine rings is 1. The summed E-state index contributed by atoms with van der Waals surface area (Å²) in [5.41, 5.74) is 2.94. The fourth-order valence-electron chi connectivity index (χ4n) is 4.17. The first-order chi connectivity index (χ1) is 16.5. The molecule has 3 heterocycles. The quantitative estimate of drug-likeness (QED) is 0.321. The van der Waals surface area contributed by atoms with E-state index >= 15 is 0 Å². The number of hydrogen-bond donors (Lipinski definition) is 0. The van der Waals surface area contributed by atoms with Crippen molar-refractivity contribution in [1.82, 2.24) is 24.5 Å². The van der Waals surface area contributed by atoms with Crippen molar-refractivity contribution in [2.24, 2.45) is 0 Å². The number of aryl methyl sites for hydroxylation is 1. The topological polar surface area (TPSA) is 111 Å². The van der Waals surface area contributed by atoms with Gasteiger partial charge < -0.3 is 14.0 Å². The molecular formula is C24H24N6O4. The van der Waals surface area contributed by atoms with Gasteiger partial charge in [-0.15, -0.1) is 0 Å². The number of rotatable bonds is 6. The van der Waals surface area contributed by atoms with Crippen LogP contribution in [0.3, 0.4) is 0 Å². The molecule has 0 bridgehead atoms. The Bertz CT molecular complexity index is 1340. The molecule has 10 nitrogen and oxygen atoms in total. The highest BCUT2D eigenvalue weighted by Crippen LogP contribution is 2.22. The second-order valence-corrected chi connectivity index (χ2v) is 8.48. The van der Waals surface area contributed by atoms with Crippen LogP contribution in [-0.4, -0.2) is 61.5 Å². The van der Waals surface area contributed by atoms with Crippen molar-refractivity contribution in [3.05, 3.63) is 76.3 Å². The van der Waals surface area contributed by atoms with E-state index in [-0.39, 0.29) is 18.1 Å². The molecule has 0 atom stereocenters. The number of nitro groups is 1. The van der Waals surface area contributed by atoms with Gasteiger partial charge in [0.1, 0.15) is 6.54 Å². The maximum atomic E-state index is 12.9. The molecular weight excluding hydrogens is 436 g/mol. The first-order valence-electron chi connectivity index (χ1n) is 11.1. The van der Waals surface area contributed by atoms with E-state index < -0.39 is 4.92 Å². The highest BCUT2D eigenvalue weighted by molar-refractivity contribution is 5.85. The molecule has 0 N–H and O–H groups in total. The van der Waals surface area contributed by atoms with Gasteiger partial charge in [-0.2, -0.15) is 4.98 Å². The molecule has 1 aliphatic heterocycles. The Morgan fingerprint density at radius 3 is 2.59 bits per heavy atom. The summed E-state index contributed by atoms with van der Waals surface area (Å²) in [6, 6.07) is 14.5. The van der Waals surface area contributed by atoms with Gasteiger partial charge in [0.05, 0.1) is 11.5 Å². The second kappa shape index (κ2) is 9.06. The van der Waals surface area contributed by atoms with E-state index in [0.29, 0.717) is 44.4 Å². The molecule has 2 aromatic heterocycles. The van der Waals surface area contributed by atoms with E-state index in [1.54, 1.807) is 18.3 Å². The average molecular weight is 460 g/mol. The van der Waals surface area contributed by atoms with Crippen LogP contribution in [0.1, 0.15) is 11.5 Å². The molecule has 10 heteroatoms. The van der Waals surface area contributed by atoms with Gasteiger partial charge >= 0.3 is 0 Å². The maximum Gasteiger partial charge on any atom is 0.270 e. The number of aromatic nitrogens is 3. The SMILES string of the molecule is Cc1ccc(-c2noc(CN3CCN(C(=O)Cn4ccc5cc([N+](=O)[O-])ccc54)CC3)n2)cc1. The molecule has 2 aromatic carbocycles. The Labute approximate surface area is 195 Å². The molecule has 1 saturated heterocycles. The average Bonchev–Trinajstić information content (AvgIpc) is 3.47. The Morgan fingerprint density at radius 2 is 1.85 bits per heavy atom. The summed E-state index contributed by atoms with van der Waals surface area (Å²) in [6.45, 7) is 5.43. The van der Waals surface area contributed by atoms with Crippen LogP contribution < -0.4 is 0 Å². The van der Waals surface area contributed by atoms with Crippen molar-refractivity contribution in [3.8, 4) is 11.4 Å². The van der Waals surface area contributed by atoms with Gasteiger partial charge in [0.15, 0.2) is 0 Å². The highest BCUT2D eigenvalue weighted by Gasteiger charge is 2.23. The van der Waals surface area contributed by atoms with Crippen molar-refractivity contribution in [2.75, 3.05) is 26.2 Å². The second-order valence-electron chi connectivity index (χ2n) is 8.48. The zero-order chi connectivity index (χ0) is 23.7. The summed E-state index contributed by atoms with van der Waals surface area (Å²) in [5.74, 6) is 1.16. The van der Waals surface area contributed by atoms with Gasteiger partial charge in [-0.1, -0.05) is 35.0 Å². The molecule has 5 rings (SSSR count). The fourth-order valence-corrected chi connectivity index (χ4v) is 4.17. The number of benzene rings is 2. The van der Waals surface area contributed by atoms with Gasteiger partial charge in [-0.25, -0.2) is 0 Å². The molecule has 0 saturated carbocycles. The van der Waals surface area contributed by atoms with Gasteiger partial charge in [0, 0.05) is 61.0 Å². The van der Waals surface area contributed by atoms with E-state index in [9.17, 15) is 14.9 Å². The maximum absolute atomic E-state index is 12.9. The first-order valence-corrected chi connectivity index (χ1v) is 11.1. The summed E-state index contributed by atoms with van der Waals surface area (Å²) in [5, 5.41) is 15.8. The zero-order valence-corrected chi connectivity index (χ0v) is 18.8. The molecule has 34 heavy (non-hydrogen) atoms. The van der Waals surface area contributed by atoms with Crippen LogP contribution in [0.5, 0.6) is 0 Å². The summed E-state index contributed by atoms with van der Waals surface area (Å²) < 4.78 is 7.26. The number of non-ortho nitro benzene ring substituents is 1. The summed E-state index contributed by atoms with van der Waals surface area (Å²) in [7, 11) is 0. The molecule has 4 aromatic rings. The van der Waals surface area contributed by atoms with E-state index in [1.807, 2.05) is 40.7 Å². The third-order valence-corrected chi connectivity index (χ3v) is 6.13. The molecule has 0 radical (unpaired) electrons. The van der Waals surface area contributed by atoms with Crippen molar-refractivity contribution >= 4 is 22.5 Å². The molecule has 1 aliphatic rings. The lowest BCUT2D eigenvalue weighted by molar-refractivity contribution is -0.384. The van der Waals surface area contributed by atoms with Gasteiger partial charge in [-0.05, 0) is 19.1 Å². The molecule has 174 valence electrons. The number of fused-ring (bicyclic) bond motifs is 1. The Morgan fingerprint density at radius 1 is 1.09 bits per heavy atom. The van der Waals surface area contributed by atoms with E-state index in [0.717, 1.165) is 16.5 Å². The van der Waals surface area contributed by atoms with Gasteiger partial charge in [-0.3, -0.25) is 19.8 Å². The van der Waals surface area contributed by atoms with Crippen molar-refractivity contribution in [2.45, 2.75) is 20.0 Å². The van der Waals surface area contributed by atoms with Crippen LogP contribution in [0.25, 0.3) is 22.3 Å². The third kappa shape index (κ3) is 4.53. The summed E-state index contributed by atoms with van der Waals surface area (Å²) in [4.78, 5) is 32.0. The number of carbonyl (C=O) groups excluding carboxylic acids is 1. The summed E-state index contributed by atoms with van der Waals surface area (Å²) >= 11 is 0. The number of amides is 1. The number of nitro benzene ring substituents is 1. The van der Waals surface area contributed by atoms with Crippen molar-refractivity contribution in [1.29, 1.82) is 0 Å².